The van der Waals surface area contributed by atoms with Gasteiger partial charge in [-0.1, -0.05) is 12.8 Å². The number of likely N-dealkylation sites (tertiary alicyclic amines) is 1. The van der Waals surface area contributed by atoms with Crippen LogP contribution in [0.2, 0.25) is 0 Å². The maximum absolute atomic E-state index is 12.8. The van der Waals surface area contributed by atoms with E-state index in [2.05, 4.69) is 17.1 Å². The van der Waals surface area contributed by atoms with Gasteiger partial charge < -0.3 is 10.6 Å². The van der Waals surface area contributed by atoms with E-state index in [-0.39, 0.29) is 11.9 Å². The number of aromatic amines is 1. The van der Waals surface area contributed by atoms with Gasteiger partial charge in [0.2, 0.25) is 0 Å². The predicted molar refractivity (Wildman–Crippen MR) is 79.5 cm³/mol. The standard InChI is InChI=1S/C15H20N4O/c1-10-5-3-2-4-8-19(10)15(20)14-12-9-11(16)6-7-13(12)17-18-14/h6-7,9-10H,2-5,8,16H2,1H3,(H,17,18). The van der Waals surface area contributed by atoms with Gasteiger partial charge in [0.15, 0.2) is 5.69 Å². The number of hydrogen-bond acceptors (Lipinski definition) is 3. The molecular formula is C15H20N4O. The Morgan fingerprint density at radius 2 is 2.25 bits per heavy atom. The van der Waals surface area contributed by atoms with Gasteiger partial charge in [-0.3, -0.25) is 9.89 Å². The molecular weight excluding hydrogens is 252 g/mol. The zero-order chi connectivity index (χ0) is 14.1. The molecule has 1 amide bonds. The minimum Gasteiger partial charge on any atom is -0.399 e. The molecule has 1 fully saturated rings. The molecule has 5 heteroatoms. The molecule has 1 aromatic carbocycles. The maximum Gasteiger partial charge on any atom is 0.275 e. The van der Waals surface area contributed by atoms with Gasteiger partial charge in [0.05, 0.1) is 5.52 Å². The van der Waals surface area contributed by atoms with Crippen LogP contribution >= 0.6 is 0 Å². The molecule has 3 N–H and O–H groups in total. The molecule has 1 aliphatic heterocycles. The summed E-state index contributed by atoms with van der Waals surface area (Å²) in [6.07, 6.45) is 4.53. The first kappa shape index (κ1) is 13.0. The number of nitrogen functional groups attached to an aromatic ring is 1. The van der Waals surface area contributed by atoms with Gasteiger partial charge in [0.25, 0.3) is 5.91 Å². The smallest absolute Gasteiger partial charge is 0.275 e. The average Bonchev–Trinajstić information content (AvgIpc) is 2.72. The Bertz CT molecular complexity index is 634. The summed E-state index contributed by atoms with van der Waals surface area (Å²) >= 11 is 0. The summed E-state index contributed by atoms with van der Waals surface area (Å²) in [5.74, 6) is 0.0104. The Balaban J connectivity index is 1.97. The van der Waals surface area contributed by atoms with Crippen LogP contribution in [-0.2, 0) is 0 Å². The third kappa shape index (κ3) is 2.24. The molecule has 1 aromatic heterocycles. The molecule has 0 radical (unpaired) electrons. The van der Waals surface area contributed by atoms with E-state index in [1.807, 2.05) is 23.1 Å². The lowest BCUT2D eigenvalue weighted by molar-refractivity contribution is 0.0694. The zero-order valence-electron chi connectivity index (χ0n) is 11.7. The van der Waals surface area contributed by atoms with E-state index >= 15 is 0 Å². The van der Waals surface area contributed by atoms with Gasteiger partial charge in [0.1, 0.15) is 0 Å². The summed E-state index contributed by atoms with van der Waals surface area (Å²) < 4.78 is 0. The lowest BCUT2D eigenvalue weighted by Crippen LogP contribution is -2.38. The second-order valence-electron chi connectivity index (χ2n) is 5.57. The highest BCUT2D eigenvalue weighted by Gasteiger charge is 2.26. The van der Waals surface area contributed by atoms with E-state index in [0.717, 1.165) is 30.3 Å². The number of nitrogens with zero attached hydrogens (tertiary/aromatic N) is 2. The van der Waals surface area contributed by atoms with Gasteiger partial charge in [-0.05, 0) is 38.0 Å². The number of fused-ring (bicyclic) bond motifs is 1. The lowest BCUT2D eigenvalue weighted by atomic mass is 10.1. The Labute approximate surface area is 118 Å². The SMILES string of the molecule is CC1CCCCCN1C(=O)c1n[nH]c2ccc(N)cc12. The lowest BCUT2D eigenvalue weighted by Gasteiger charge is -2.26. The molecule has 2 aromatic rings. The van der Waals surface area contributed by atoms with Gasteiger partial charge >= 0.3 is 0 Å². The molecule has 1 atom stereocenters. The molecule has 20 heavy (non-hydrogen) atoms. The van der Waals surface area contributed by atoms with Crippen molar-refractivity contribution in [3.63, 3.8) is 0 Å². The summed E-state index contributed by atoms with van der Waals surface area (Å²) in [4.78, 5) is 14.7. The summed E-state index contributed by atoms with van der Waals surface area (Å²) in [6.45, 7) is 2.93. The van der Waals surface area contributed by atoms with Crippen LogP contribution in [0.15, 0.2) is 18.2 Å². The molecule has 0 bridgehead atoms. The Morgan fingerprint density at radius 1 is 1.40 bits per heavy atom. The number of benzene rings is 1. The first-order valence-electron chi connectivity index (χ1n) is 7.21. The minimum absolute atomic E-state index is 0.0104. The Kier molecular flexibility index (Phi) is 3.34. The highest BCUT2D eigenvalue weighted by Crippen LogP contribution is 2.23. The molecule has 2 heterocycles. The van der Waals surface area contributed by atoms with Crippen LogP contribution in [0.5, 0.6) is 0 Å². The van der Waals surface area contributed by atoms with E-state index in [9.17, 15) is 4.79 Å². The topological polar surface area (TPSA) is 75.0 Å². The molecule has 1 aliphatic rings. The Hall–Kier alpha value is -2.04. The number of carbonyl (C=O) groups is 1. The number of hydrogen-bond donors (Lipinski definition) is 2. The van der Waals surface area contributed by atoms with Crippen molar-refractivity contribution in [1.82, 2.24) is 15.1 Å². The molecule has 5 nitrogen and oxygen atoms in total. The van der Waals surface area contributed by atoms with Crippen LogP contribution < -0.4 is 5.73 Å². The number of H-pyrrole nitrogens is 1. The monoisotopic (exact) mass is 272 g/mol. The fraction of sp³-hybridized carbons (Fsp3) is 0.467. The fourth-order valence-electron chi connectivity index (χ4n) is 2.91. The second kappa shape index (κ2) is 5.15. The molecule has 0 spiro atoms. The molecule has 0 aliphatic carbocycles. The van der Waals surface area contributed by atoms with Gasteiger partial charge in [-0.15, -0.1) is 0 Å². The number of nitrogens with two attached hydrogens (primary N) is 1. The van der Waals surface area contributed by atoms with Gasteiger partial charge in [-0.2, -0.15) is 5.10 Å². The normalized spacial score (nSPS) is 20.1. The molecule has 3 rings (SSSR count). The number of rotatable bonds is 1. The predicted octanol–water partition coefficient (Wildman–Crippen LogP) is 2.55. The van der Waals surface area contributed by atoms with Crippen molar-refractivity contribution in [3.05, 3.63) is 23.9 Å². The largest absolute Gasteiger partial charge is 0.399 e. The third-order valence-corrected chi connectivity index (χ3v) is 4.10. The van der Waals surface area contributed by atoms with Crippen molar-refractivity contribution >= 4 is 22.5 Å². The van der Waals surface area contributed by atoms with Gasteiger partial charge in [0, 0.05) is 23.7 Å². The number of aromatic nitrogens is 2. The highest BCUT2D eigenvalue weighted by molar-refractivity contribution is 6.05. The quantitative estimate of drug-likeness (QED) is 0.783. The van der Waals surface area contributed by atoms with E-state index in [1.54, 1.807) is 0 Å². The van der Waals surface area contributed by atoms with Crippen molar-refractivity contribution < 1.29 is 4.79 Å². The average molecular weight is 272 g/mol. The van der Waals surface area contributed by atoms with Crippen LogP contribution in [0.1, 0.15) is 43.1 Å². The fourth-order valence-corrected chi connectivity index (χ4v) is 2.91. The summed E-state index contributed by atoms with van der Waals surface area (Å²) in [5, 5.41) is 7.93. The highest BCUT2D eigenvalue weighted by atomic mass is 16.2. The maximum atomic E-state index is 12.8. The van der Waals surface area contributed by atoms with Crippen molar-refractivity contribution in [2.45, 2.75) is 38.6 Å². The van der Waals surface area contributed by atoms with Crippen molar-refractivity contribution in [2.75, 3.05) is 12.3 Å². The molecule has 106 valence electrons. The summed E-state index contributed by atoms with van der Waals surface area (Å²) in [5.41, 5.74) is 7.81. The second-order valence-corrected chi connectivity index (χ2v) is 5.57. The molecule has 1 unspecified atom stereocenters. The number of anilines is 1. The van der Waals surface area contributed by atoms with E-state index in [4.69, 9.17) is 5.73 Å². The third-order valence-electron chi connectivity index (χ3n) is 4.10. The molecule has 1 saturated heterocycles. The van der Waals surface area contributed by atoms with Crippen LogP contribution in [0.4, 0.5) is 5.69 Å². The number of carbonyl (C=O) groups excluding carboxylic acids is 1. The zero-order valence-corrected chi connectivity index (χ0v) is 11.7. The van der Waals surface area contributed by atoms with Crippen LogP contribution in [0, 0.1) is 0 Å². The Morgan fingerprint density at radius 3 is 3.10 bits per heavy atom. The van der Waals surface area contributed by atoms with E-state index < -0.39 is 0 Å². The number of nitrogens with one attached hydrogen (secondary N) is 1. The van der Waals surface area contributed by atoms with Crippen LogP contribution in [0.3, 0.4) is 0 Å². The van der Waals surface area contributed by atoms with Crippen LogP contribution in [0.25, 0.3) is 10.9 Å². The number of amides is 1. The first-order valence-corrected chi connectivity index (χ1v) is 7.21. The minimum atomic E-state index is 0.0104. The summed E-state index contributed by atoms with van der Waals surface area (Å²) in [7, 11) is 0. The van der Waals surface area contributed by atoms with Crippen molar-refractivity contribution in [3.8, 4) is 0 Å². The first-order chi connectivity index (χ1) is 9.66. The van der Waals surface area contributed by atoms with E-state index in [0.29, 0.717) is 11.4 Å². The van der Waals surface area contributed by atoms with Gasteiger partial charge in [-0.25, -0.2) is 0 Å². The van der Waals surface area contributed by atoms with Crippen LogP contribution in [-0.4, -0.2) is 33.6 Å². The van der Waals surface area contributed by atoms with E-state index in [1.165, 1.54) is 12.8 Å². The molecule has 0 saturated carbocycles. The summed E-state index contributed by atoms with van der Waals surface area (Å²) in [6, 6.07) is 5.76. The van der Waals surface area contributed by atoms with Crippen molar-refractivity contribution in [1.29, 1.82) is 0 Å². The van der Waals surface area contributed by atoms with Crippen molar-refractivity contribution in [2.24, 2.45) is 0 Å².